The Labute approximate surface area is 165 Å². The fourth-order valence-electron chi connectivity index (χ4n) is 2.70. The number of amides is 1. The lowest BCUT2D eigenvalue weighted by Crippen LogP contribution is -2.22. The van der Waals surface area contributed by atoms with E-state index in [-0.39, 0.29) is 6.54 Å². The van der Waals surface area contributed by atoms with Crippen LogP contribution in [0.3, 0.4) is 0 Å². The molecule has 3 rings (SSSR count). The minimum atomic E-state index is -0.444. The van der Waals surface area contributed by atoms with Crippen LogP contribution in [0.4, 0.5) is 0 Å². The molecule has 0 saturated carbocycles. The second-order valence-corrected chi connectivity index (χ2v) is 6.74. The Bertz CT molecular complexity index is 1070. The number of nitrogens with zero attached hydrogens (tertiary/aromatic N) is 2. The van der Waals surface area contributed by atoms with Gasteiger partial charge in [0, 0.05) is 5.56 Å². The van der Waals surface area contributed by atoms with Gasteiger partial charge in [0.2, 0.25) is 0 Å². The number of para-hydroxylation sites is 1. The highest BCUT2D eigenvalue weighted by Gasteiger charge is 2.15. The molecule has 1 amide bonds. The highest BCUT2D eigenvalue weighted by atomic mass is 32.1. The maximum atomic E-state index is 12.7. The van der Waals surface area contributed by atoms with Crippen LogP contribution in [0.25, 0.3) is 10.2 Å². The highest BCUT2D eigenvalue weighted by molar-refractivity contribution is 7.16. The molecule has 0 aliphatic rings. The van der Waals surface area contributed by atoms with Gasteiger partial charge < -0.3 is 18.8 Å². The summed E-state index contributed by atoms with van der Waals surface area (Å²) < 4.78 is 18.1. The molecule has 28 heavy (non-hydrogen) atoms. The second-order valence-electron chi connectivity index (χ2n) is 5.73. The Morgan fingerprint density at radius 2 is 1.86 bits per heavy atom. The van der Waals surface area contributed by atoms with E-state index < -0.39 is 11.9 Å². The van der Waals surface area contributed by atoms with Gasteiger partial charge in [0.1, 0.15) is 23.6 Å². The number of carbonyl (C=O) groups excluding carboxylic acids is 2. The first-order chi connectivity index (χ1) is 13.6. The fraction of sp³-hybridized carbons (Fsp3) is 0.250. The minimum absolute atomic E-state index is 0.0771. The van der Waals surface area contributed by atoms with Crippen LogP contribution in [0.1, 0.15) is 17.3 Å². The fourth-order valence-corrected chi connectivity index (χ4v) is 3.75. The van der Waals surface area contributed by atoms with Crippen molar-refractivity contribution in [1.82, 2.24) is 4.57 Å². The normalized spacial score (nSPS) is 11.5. The molecule has 7 nitrogen and oxygen atoms in total. The number of thiazole rings is 1. The molecule has 0 radical (unpaired) electrons. The molecule has 8 heteroatoms. The molecular formula is C20H20N2O5S. The molecule has 2 aromatic carbocycles. The molecule has 0 aliphatic heterocycles. The first-order valence-electron chi connectivity index (χ1n) is 8.62. The summed E-state index contributed by atoms with van der Waals surface area (Å²) in [6, 6.07) is 12.3. The van der Waals surface area contributed by atoms with Crippen LogP contribution in [0.15, 0.2) is 47.5 Å². The summed E-state index contributed by atoms with van der Waals surface area (Å²) in [6.45, 7) is 2.37. The van der Waals surface area contributed by atoms with E-state index in [1.807, 2.05) is 19.1 Å². The van der Waals surface area contributed by atoms with E-state index >= 15 is 0 Å². The van der Waals surface area contributed by atoms with Crippen molar-refractivity contribution < 1.29 is 23.8 Å². The van der Waals surface area contributed by atoms with Crippen LogP contribution in [-0.4, -0.2) is 37.3 Å². The van der Waals surface area contributed by atoms with E-state index in [1.165, 1.54) is 18.4 Å². The van der Waals surface area contributed by atoms with Crippen LogP contribution in [0, 0.1) is 0 Å². The topological polar surface area (TPSA) is 79.1 Å². The molecule has 0 saturated heterocycles. The smallest absolute Gasteiger partial charge is 0.325 e. The minimum Gasteiger partial charge on any atom is -0.495 e. The zero-order chi connectivity index (χ0) is 20.1. The number of ether oxygens (including phenoxy) is 3. The van der Waals surface area contributed by atoms with E-state index in [0.29, 0.717) is 34.0 Å². The number of carbonyl (C=O) groups is 2. The SMILES string of the molecule is CCOc1ccc(C(=O)N=c2sc3cccc(OC)c3n2CC(=O)OC)cc1. The van der Waals surface area contributed by atoms with Crippen LogP contribution >= 0.6 is 11.3 Å². The molecular weight excluding hydrogens is 380 g/mol. The number of hydrogen-bond donors (Lipinski definition) is 0. The van der Waals surface area contributed by atoms with Crippen molar-refractivity contribution >= 4 is 33.4 Å². The van der Waals surface area contributed by atoms with Crippen molar-refractivity contribution in [3.05, 3.63) is 52.8 Å². The molecule has 0 fully saturated rings. The number of fused-ring (bicyclic) bond motifs is 1. The Kier molecular flexibility index (Phi) is 6.10. The maximum absolute atomic E-state index is 12.7. The number of aromatic nitrogens is 1. The first kappa shape index (κ1) is 19.6. The predicted octanol–water partition coefficient (Wildman–Crippen LogP) is 3.02. The highest BCUT2D eigenvalue weighted by Crippen LogP contribution is 2.27. The van der Waals surface area contributed by atoms with Gasteiger partial charge in [0.15, 0.2) is 4.80 Å². The Morgan fingerprint density at radius 3 is 2.50 bits per heavy atom. The standard InChI is InChI=1S/C20H20N2O5S/c1-4-27-14-10-8-13(9-11-14)19(24)21-20-22(12-17(23)26-3)18-15(25-2)6-5-7-16(18)28-20/h5-11H,4,12H2,1-3H3. The molecule has 0 bridgehead atoms. The van der Waals surface area contributed by atoms with Crippen LogP contribution in [-0.2, 0) is 16.1 Å². The summed E-state index contributed by atoms with van der Waals surface area (Å²) >= 11 is 1.30. The summed E-state index contributed by atoms with van der Waals surface area (Å²) in [5.74, 6) is 0.423. The monoisotopic (exact) mass is 400 g/mol. The van der Waals surface area contributed by atoms with Crippen LogP contribution in [0.2, 0.25) is 0 Å². The van der Waals surface area contributed by atoms with E-state index in [1.54, 1.807) is 42.0 Å². The molecule has 1 aromatic heterocycles. The van der Waals surface area contributed by atoms with Gasteiger partial charge in [-0.3, -0.25) is 9.59 Å². The zero-order valence-corrected chi connectivity index (χ0v) is 16.6. The summed E-state index contributed by atoms with van der Waals surface area (Å²) in [5.41, 5.74) is 1.12. The quantitative estimate of drug-likeness (QED) is 0.594. The lowest BCUT2D eigenvalue weighted by molar-refractivity contribution is -0.141. The van der Waals surface area contributed by atoms with E-state index in [9.17, 15) is 9.59 Å². The lowest BCUT2D eigenvalue weighted by Gasteiger charge is -2.07. The average molecular weight is 400 g/mol. The molecule has 0 N–H and O–H groups in total. The van der Waals surface area contributed by atoms with Crippen molar-refractivity contribution in [2.45, 2.75) is 13.5 Å². The summed E-state index contributed by atoms with van der Waals surface area (Å²) in [7, 11) is 2.87. The zero-order valence-electron chi connectivity index (χ0n) is 15.8. The van der Waals surface area contributed by atoms with Crippen molar-refractivity contribution in [3.8, 4) is 11.5 Å². The molecule has 0 unspecified atom stereocenters. The summed E-state index contributed by atoms with van der Waals surface area (Å²) in [5, 5.41) is 0. The van der Waals surface area contributed by atoms with Crippen LogP contribution in [0.5, 0.6) is 11.5 Å². The number of methoxy groups -OCH3 is 2. The molecule has 1 heterocycles. The molecule has 146 valence electrons. The van der Waals surface area contributed by atoms with E-state index in [2.05, 4.69) is 4.99 Å². The van der Waals surface area contributed by atoms with Gasteiger partial charge in [0.25, 0.3) is 5.91 Å². The number of hydrogen-bond acceptors (Lipinski definition) is 6. The van der Waals surface area contributed by atoms with Gasteiger partial charge in [-0.05, 0) is 43.3 Å². The molecule has 0 atom stereocenters. The van der Waals surface area contributed by atoms with E-state index in [4.69, 9.17) is 14.2 Å². The Balaban J connectivity index is 2.08. The Hall–Kier alpha value is -3.13. The van der Waals surface area contributed by atoms with E-state index in [0.717, 1.165) is 4.70 Å². The third-order valence-corrected chi connectivity index (χ3v) is 5.05. The van der Waals surface area contributed by atoms with Crippen molar-refractivity contribution in [1.29, 1.82) is 0 Å². The third kappa shape index (κ3) is 4.07. The van der Waals surface area contributed by atoms with Gasteiger partial charge >= 0.3 is 5.97 Å². The second kappa shape index (κ2) is 8.71. The number of esters is 1. The van der Waals surface area contributed by atoms with Gasteiger partial charge in [-0.1, -0.05) is 17.4 Å². The van der Waals surface area contributed by atoms with Gasteiger partial charge in [0.05, 0.1) is 25.5 Å². The first-order valence-corrected chi connectivity index (χ1v) is 9.44. The number of benzene rings is 2. The van der Waals surface area contributed by atoms with Crippen molar-refractivity contribution in [2.24, 2.45) is 4.99 Å². The predicted molar refractivity (Wildman–Crippen MR) is 106 cm³/mol. The molecule has 0 aliphatic carbocycles. The summed E-state index contributed by atoms with van der Waals surface area (Å²) in [6.07, 6.45) is 0. The lowest BCUT2D eigenvalue weighted by atomic mass is 10.2. The van der Waals surface area contributed by atoms with Crippen molar-refractivity contribution in [3.63, 3.8) is 0 Å². The van der Waals surface area contributed by atoms with Crippen LogP contribution < -0.4 is 14.3 Å². The number of rotatable bonds is 6. The van der Waals surface area contributed by atoms with Crippen molar-refractivity contribution in [2.75, 3.05) is 20.8 Å². The average Bonchev–Trinajstić information content (AvgIpc) is 3.05. The molecule has 0 spiro atoms. The third-order valence-electron chi connectivity index (χ3n) is 4.01. The van der Waals surface area contributed by atoms with Gasteiger partial charge in [-0.25, -0.2) is 0 Å². The van der Waals surface area contributed by atoms with Gasteiger partial charge in [-0.2, -0.15) is 4.99 Å². The maximum Gasteiger partial charge on any atom is 0.325 e. The largest absolute Gasteiger partial charge is 0.495 e. The van der Waals surface area contributed by atoms with Gasteiger partial charge in [-0.15, -0.1) is 0 Å². The summed E-state index contributed by atoms with van der Waals surface area (Å²) in [4.78, 5) is 29.2. The molecule has 3 aromatic rings. The Morgan fingerprint density at radius 1 is 1.11 bits per heavy atom.